The first-order chi connectivity index (χ1) is 5.04. The Morgan fingerprint density at radius 3 is 1.64 bits per heavy atom. The zero-order chi connectivity index (χ0) is 8.59. The minimum atomic E-state index is 0.200. The van der Waals surface area contributed by atoms with Crippen LogP contribution < -0.4 is 0 Å². The lowest BCUT2D eigenvalue weighted by Crippen LogP contribution is -1.81. The maximum Gasteiger partial charge on any atom is 0.127 e. The number of aromatic nitrogens is 1. The van der Waals surface area contributed by atoms with Crippen LogP contribution in [0.25, 0.3) is 0 Å². The molecule has 1 aromatic heterocycles. The van der Waals surface area contributed by atoms with Crippen molar-refractivity contribution in [1.82, 2.24) is 4.98 Å². The zero-order valence-electron chi connectivity index (χ0n) is 4.92. The van der Waals surface area contributed by atoms with Crippen molar-refractivity contribution in [3.63, 3.8) is 0 Å². The van der Waals surface area contributed by atoms with E-state index in [1.807, 2.05) is 0 Å². The van der Waals surface area contributed by atoms with Gasteiger partial charge in [-0.2, -0.15) is 0 Å². The third-order valence-corrected chi connectivity index (χ3v) is 3.15. The van der Waals surface area contributed by atoms with Gasteiger partial charge in [-0.3, -0.25) is 0 Å². The molecule has 0 bridgehead atoms. The molecule has 0 saturated carbocycles. The van der Waals surface area contributed by atoms with Crippen molar-refractivity contribution < 1.29 is 0 Å². The molecule has 1 aromatic rings. The summed E-state index contributed by atoms with van der Waals surface area (Å²) in [5.41, 5.74) is 0. The molecule has 6 heteroatoms. The van der Waals surface area contributed by atoms with Gasteiger partial charge >= 0.3 is 0 Å². The van der Waals surface area contributed by atoms with Crippen LogP contribution in [0.2, 0.25) is 20.4 Å². The minimum absolute atomic E-state index is 0.200. The molecule has 0 spiro atoms. The van der Waals surface area contributed by atoms with Crippen LogP contribution in [0.15, 0.2) is 0 Å². The summed E-state index contributed by atoms with van der Waals surface area (Å²) in [5, 5.41) is 0.837. The molecule has 0 unspecified atom stereocenters. The van der Waals surface area contributed by atoms with Gasteiger partial charge in [-0.25, -0.2) is 0 Å². The van der Waals surface area contributed by atoms with Gasteiger partial charge in [0.05, 0.1) is 14.6 Å². The summed E-state index contributed by atoms with van der Waals surface area (Å²) in [4.78, 5) is 2.55. The first-order valence-corrected chi connectivity index (χ1v) is 4.38. The smallest absolute Gasteiger partial charge is 0.127 e. The normalized spacial score (nSPS) is 10.2. The van der Waals surface area contributed by atoms with Crippen molar-refractivity contribution in [3.05, 3.63) is 24.9 Å². The van der Waals surface area contributed by atoms with E-state index in [1.54, 1.807) is 0 Å². The van der Waals surface area contributed by atoms with Crippen LogP contribution in [0.1, 0.15) is 0 Å². The summed E-state index contributed by atoms with van der Waals surface area (Å²) in [6, 6.07) is 0. The lowest BCUT2D eigenvalue weighted by atomic mass is 10.5. The van der Waals surface area contributed by atoms with Gasteiger partial charge in [0.1, 0.15) is 10.3 Å². The van der Waals surface area contributed by atoms with Gasteiger partial charge in [0.25, 0.3) is 0 Å². The molecule has 0 amide bonds. The Labute approximate surface area is 88.2 Å². The highest BCUT2D eigenvalue weighted by atomic mass is 35.5. The Kier molecular flexibility index (Phi) is 3.06. The largest absolute Gasteiger partial charge is 0.334 e. The molecule has 0 fully saturated rings. The maximum absolute atomic E-state index is 5.64. The van der Waals surface area contributed by atoms with Crippen molar-refractivity contribution >= 4 is 58.6 Å². The van der Waals surface area contributed by atoms with Crippen LogP contribution in [0.4, 0.5) is 0 Å². The second-order valence-corrected chi connectivity index (χ2v) is 3.63. The molecule has 1 nitrogen and oxygen atoms in total. The van der Waals surface area contributed by atoms with Crippen molar-refractivity contribution in [2.45, 2.75) is 0 Å². The van der Waals surface area contributed by atoms with E-state index in [1.165, 1.54) is 0 Å². The molecule has 0 radical (unpaired) electrons. The first kappa shape index (κ1) is 9.62. The Bertz CT molecular complexity index is 316. The van der Waals surface area contributed by atoms with E-state index in [9.17, 15) is 0 Å². The lowest BCUT2D eigenvalue weighted by Gasteiger charge is -1.99. The molecule has 1 N–H and O–H groups in total. The molecule has 60 valence electrons. The van der Waals surface area contributed by atoms with E-state index in [0.717, 1.165) is 0 Å². The summed E-state index contributed by atoms with van der Waals surface area (Å²) in [6.45, 7) is 0. The number of H-pyrrole nitrogens is 1. The fourth-order valence-corrected chi connectivity index (χ4v) is 1.58. The fourth-order valence-electron chi connectivity index (χ4n) is 0.502. The number of rotatable bonds is 0. The highest BCUT2D eigenvalue weighted by molar-refractivity contribution is 7.71. The molecule has 11 heavy (non-hydrogen) atoms. The number of hydrogen-bond donors (Lipinski definition) is 1. The summed E-state index contributed by atoms with van der Waals surface area (Å²) in [5.74, 6) is 0. The second-order valence-electron chi connectivity index (χ2n) is 1.71. The molecule has 0 saturated heterocycles. The van der Waals surface area contributed by atoms with E-state index in [0.29, 0.717) is 0 Å². The van der Waals surface area contributed by atoms with Crippen LogP contribution in [0.3, 0.4) is 0 Å². The third-order valence-electron chi connectivity index (χ3n) is 1.00. The van der Waals surface area contributed by atoms with Gasteiger partial charge in [-0.05, 0) is 0 Å². The summed E-state index contributed by atoms with van der Waals surface area (Å²) < 4.78 is 0.266. The first-order valence-electron chi connectivity index (χ1n) is 2.46. The van der Waals surface area contributed by atoms with Crippen molar-refractivity contribution in [2.75, 3.05) is 0 Å². The van der Waals surface area contributed by atoms with E-state index in [-0.39, 0.29) is 24.9 Å². The summed E-state index contributed by atoms with van der Waals surface area (Å²) >= 11 is 27.3. The average molecular weight is 249 g/mol. The monoisotopic (exact) mass is 247 g/mol. The molecule has 0 atom stereocenters. The van der Waals surface area contributed by atoms with E-state index in [4.69, 9.17) is 58.6 Å². The van der Waals surface area contributed by atoms with Gasteiger partial charge in [0, 0.05) is 0 Å². The Hall–Kier alpha value is 0.530. The number of hydrogen-bond acceptors (Lipinski definition) is 1. The zero-order valence-corrected chi connectivity index (χ0v) is 8.76. The van der Waals surface area contributed by atoms with E-state index in [2.05, 4.69) is 4.98 Å². The number of halogens is 4. The maximum atomic E-state index is 5.64. The number of pyridine rings is 1. The predicted molar refractivity (Wildman–Crippen MR) is 51.7 cm³/mol. The minimum Gasteiger partial charge on any atom is -0.334 e. The van der Waals surface area contributed by atoms with Gasteiger partial charge in [0.15, 0.2) is 0 Å². The van der Waals surface area contributed by atoms with Crippen molar-refractivity contribution in [2.24, 2.45) is 0 Å². The molecular weight excluding hydrogens is 248 g/mol. The highest BCUT2D eigenvalue weighted by Gasteiger charge is 2.07. The number of aromatic amines is 1. The standard InChI is InChI=1S/C5HCl4NS/c6-1-3(11)2(7)5(9)10-4(1)8/h(H,10,11). The van der Waals surface area contributed by atoms with Crippen LogP contribution in [-0.2, 0) is 0 Å². The van der Waals surface area contributed by atoms with E-state index < -0.39 is 0 Å². The van der Waals surface area contributed by atoms with Crippen LogP contribution in [-0.4, -0.2) is 4.98 Å². The second kappa shape index (κ2) is 3.50. The van der Waals surface area contributed by atoms with Gasteiger partial charge in [0.2, 0.25) is 0 Å². The molecule has 0 aromatic carbocycles. The van der Waals surface area contributed by atoms with Crippen molar-refractivity contribution in [1.29, 1.82) is 0 Å². The van der Waals surface area contributed by atoms with Gasteiger partial charge in [-0.1, -0.05) is 58.6 Å². The molecule has 0 aliphatic carbocycles. The Balaban J connectivity index is 3.59. The van der Waals surface area contributed by atoms with Crippen molar-refractivity contribution in [3.8, 4) is 0 Å². The Morgan fingerprint density at radius 1 is 0.909 bits per heavy atom. The SMILES string of the molecule is S=c1c(Cl)c(Cl)[nH]c(Cl)c1Cl. The quantitative estimate of drug-likeness (QED) is 0.533. The van der Waals surface area contributed by atoms with Gasteiger partial charge < -0.3 is 4.98 Å². The molecule has 0 aliphatic rings. The summed E-state index contributed by atoms with van der Waals surface area (Å²) in [7, 11) is 0. The molecular formula is C5HCl4NS. The van der Waals surface area contributed by atoms with Crippen LogP contribution in [0, 0.1) is 4.51 Å². The predicted octanol–water partition coefficient (Wildman–Crippen LogP) is 4.36. The molecule has 0 aliphatic heterocycles. The lowest BCUT2D eigenvalue weighted by molar-refractivity contribution is 1.32. The van der Waals surface area contributed by atoms with Crippen LogP contribution >= 0.6 is 58.6 Å². The average Bonchev–Trinajstić information content (AvgIpc) is 1.97. The molecule has 1 rings (SSSR count). The van der Waals surface area contributed by atoms with Gasteiger partial charge in [-0.15, -0.1) is 0 Å². The Morgan fingerprint density at radius 2 is 1.27 bits per heavy atom. The number of nitrogens with one attached hydrogen (secondary N) is 1. The highest BCUT2D eigenvalue weighted by Crippen LogP contribution is 2.30. The van der Waals surface area contributed by atoms with Crippen LogP contribution in [0.5, 0.6) is 0 Å². The molecule has 1 heterocycles. The van der Waals surface area contributed by atoms with E-state index >= 15 is 0 Å². The topological polar surface area (TPSA) is 15.8 Å². The fraction of sp³-hybridized carbons (Fsp3) is 0. The summed E-state index contributed by atoms with van der Waals surface area (Å²) in [6.07, 6.45) is 0. The third kappa shape index (κ3) is 1.82.